The van der Waals surface area contributed by atoms with Crippen LogP contribution in [0.3, 0.4) is 0 Å². The first-order valence-corrected chi connectivity index (χ1v) is 7.79. The van der Waals surface area contributed by atoms with Gasteiger partial charge >= 0.3 is 12.2 Å². The molecule has 1 saturated heterocycles. The second kappa shape index (κ2) is 6.57. The summed E-state index contributed by atoms with van der Waals surface area (Å²) in [5, 5.41) is 3.40. The van der Waals surface area contributed by atoms with Gasteiger partial charge in [0.15, 0.2) is 5.69 Å². The fourth-order valence-corrected chi connectivity index (χ4v) is 2.89. The molecule has 2 rings (SSSR count). The molecule has 1 fully saturated rings. The van der Waals surface area contributed by atoms with Gasteiger partial charge in [-0.25, -0.2) is 4.79 Å². The number of aromatic nitrogens is 2. The maximum atomic E-state index is 12.6. The van der Waals surface area contributed by atoms with Crippen LogP contribution < -0.4 is 0 Å². The number of carbonyl (C=O) groups is 2. The predicted molar refractivity (Wildman–Crippen MR) is 83.7 cm³/mol. The standard InChI is InChI=1S/C15H22F3N5O2/c1-14(2)10-21(13(25)20(3)4)7-8-23(14)12(24)9-22-6-5-11(19-22)15(16,17)18/h5-6H,7-10H2,1-4H3. The van der Waals surface area contributed by atoms with Crippen molar-refractivity contribution in [2.24, 2.45) is 0 Å². The molecule has 0 aromatic carbocycles. The van der Waals surface area contributed by atoms with E-state index in [9.17, 15) is 22.8 Å². The summed E-state index contributed by atoms with van der Waals surface area (Å²) >= 11 is 0. The minimum Gasteiger partial charge on any atom is -0.332 e. The number of rotatable bonds is 2. The Morgan fingerprint density at radius 3 is 2.40 bits per heavy atom. The van der Waals surface area contributed by atoms with Crippen LogP contribution in [0.25, 0.3) is 0 Å². The molecule has 0 bridgehead atoms. The summed E-state index contributed by atoms with van der Waals surface area (Å²) in [6.45, 7) is 4.41. The van der Waals surface area contributed by atoms with Crippen LogP contribution in [0, 0.1) is 0 Å². The Morgan fingerprint density at radius 1 is 1.28 bits per heavy atom. The summed E-state index contributed by atoms with van der Waals surface area (Å²) in [4.78, 5) is 29.3. The fraction of sp³-hybridized carbons (Fsp3) is 0.667. The molecule has 10 heteroatoms. The van der Waals surface area contributed by atoms with Gasteiger partial charge in [0.1, 0.15) is 6.54 Å². The molecular weight excluding hydrogens is 339 g/mol. The summed E-state index contributed by atoms with van der Waals surface area (Å²) < 4.78 is 38.7. The quantitative estimate of drug-likeness (QED) is 0.802. The van der Waals surface area contributed by atoms with Crippen molar-refractivity contribution in [1.82, 2.24) is 24.5 Å². The van der Waals surface area contributed by atoms with Gasteiger partial charge in [0.05, 0.1) is 5.54 Å². The number of amides is 3. The number of carbonyl (C=O) groups excluding carboxylic acids is 2. The Kier molecular flexibility index (Phi) is 5.01. The van der Waals surface area contributed by atoms with Gasteiger partial charge in [0, 0.05) is 39.9 Å². The molecule has 0 atom stereocenters. The Balaban J connectivity index is 2.05. The lowest BCUT2D eigenvalue weighted by Gasteiger charge is -2.47. The molecule has 0 radical (unpaired) electrons. The Bertz CT molecular complexity index is 654. The van der Waals surface area contributed by atoms with Crippen molar-refractivity contribution in [3.63, 3.8) is 0 Å². The lowest BCUT2D eigenvalue weighted by atomic mass is 9.98. The van der Waals surface area contributed by atoms with Crippen molar-refractivity contribution in [2.75, 3.05) is 33.7 Å². The second-order valence-corrected chi connectivity index (χ2v) is 6.85. The van der Waals surface area contributed by atoms with Crippen LogP contribution in [0.15, 0.2) is 12.3 Å². The lowest BCUT2D eigenvalue weighted by molar-refractivity contribution is -0.143. The summed E-state index contributed by atoms with van der Waals surface area (Å²) in [7, 11) is 3.31. The van der Waals surface area contributed by atoms with E-state index >= 15 is 0 Å². The molecule has 0 aliphatic carbocycles. The highest BCUT2D eigenvalue weighted by molar-refractivity contribution is 5.78. The third-order valence-corrected chi connectivity index (χ3v) is 4.08. The van der Waals surface area contributed by atoms with Gasteiger partial charge < -0.3 is 14.7 Å². The second-order valence-electron chi connectivity index (χ2n) is 6.85. The largest absolute Gasteiger partial charge is 0.435 e. The van der Waals surface area contributed by atoms with Gasteiger partial charge in [-0.2, -0.15) is 18.3 Å². The number of halogens is 3. The average molecular weight is 361 g/mol. The van der Waals surface area contributed by atoms with Crippen molar-refractivity contribution in [3.8, 4) is 0 Å². The van der Waals surface area contributed by atoms with Gasteiger partial charge in [-0.05, 0) is 19.9 Å². The first-order valence-electron chi connectivity index (χ1n) is 7.79. The van der Waals surface area contributed by atoms with E-state index in [2.05, 4.69) is 5.10 Å². The number of hydrogen-bond donors (Lipinski definition) is 0. The van der Waals surface area contributed by atoms with E-state index in [1.807, 2.05) is 13.8 Å². The van der Waals surface area contributed by atoms with Crippen LogP contribution in [0.2, 0.25) is 0 Å². The van der Waals surface area contributed by atoms with Gasteiger partial charge in [-0.3, -0.25) is 9.48 Å². The molecule has 1 aliphatic rings. The van der Waals surface area contributed by atoms with Gasteiger partial charge in [0.2, 0.25) is 5.91 Å². The minimum absolute atomic E-state index is 0.137. The van der Waals surface area contributed by atoms with Gasteiger partial charge in [-0.15, -0.1) is 0 Å². The van der Waals surface area contributed by atoms with Crippen LogP contribution in [-0.4, -0.2) is 75.7 Å². The van der Waals surface area contributed by atoms with E-state index < -0.39 is 17.4 Å². The zero-order valence-electron chi connectivity index (χ0n) is 14.7. The topological polar surface area (TPSA) is 61.7 Å². The van der Waals surface area contributed by atoms with E-state index in [-0.39, 0.29) is 18.5 Å². The predicted octanol–water partition coefficient (Wildman–Crippen LogP) is 1.51. The van der Waals surface area contributed by atoms with Crippen molar-refractivity contribution in [2.45, 2.75) is 32.1 Å². The smallest absolute Gasteiger partial charge is 0.332 e. The average Bonchev–Trinajstić information content (AvgIpc) is 2.93. The minimum atomic E-state index is -4.54. The third kappa shape index (κ3) is 4.23. The molecule has 7 nitrogen and oxygen atoms in total. The zero-order chi connectivity index (χ0) is 19.0. The van der Waals surface area contributed by atoms with Crippen molar-refractivity contribution in [3.05, 3.63) is 18.0 Å². The molecule has 0 N–H and O–H groups in total. The first kappa shape index (κ1) is 19.1. The third-order valence-electron chi connectivity index (χ3n) is 4.08. The van der Waals surface area contributed by atoms with Crippen LogP contribution in [0.5, 0.6) is 0 Å². The molecule has 140 valence electrons. The molecule has 1 aromatic heterocycles. The van der Waals surface area contributed by atoms with Crippen molar-refractivity contribution < 1.29 is 22.8 Å². The highest BCUT2D eigenvalue weighted by atomic mass is 19.4. The number of nitrogens with zero attached hydrogens (tertiary/aromatic N) is 5. The summed E-state index contributed by atoms with van der Waals surface area (Å²) in [5.74, 6) is -0.334. The van der Waals surface area contributed by atoms with Gasteiger partial charge in [0.25, 0.3) is 0 Å². The zero-order valence-corrected chi connectivity index (χ0v) is 14.7. The normalized spacial score (nSPS) is 17.6. The molecule has 25 heavy (non-hydrogen) atoms. The Hall–Kier alpha value is -2.26. The fourth-order valence-electron chi connectivity index (χ4n) is 2.89. The summed E-state index contributed by atoms with van der Waals surface area (Å²) in [6.07, 6.45) is -3.40. The molecule has 1 aromatic rings. The molecule has 2 heterocycles. The highest BCUT2D eigenvalue weighted by Crippen LogP contribution is 2.27. The first-order chi connectivity index (χ1) is 11.4. The Morgan fingerprint density at radius 2 is 1.92 bits per heavy atom. The summed E-state index contributed by atoms with van der Waals surface area (Å²) in [6, 6.07) is 0.702. The number of hydrogen-bond acceptors (Lipinski definition) is 3. The van der Waals surface area contributed by atoms with E-state index in [0.717, 1.165) is 16.9 Å². The van der Waals surface area contributed by atoms with E-state index in [1.54, 1.807) is 23.9 Å². The monoisotopic (exact) mass is 361 g/mol. The molecule has 1 aliphatic heterocycles. The van der Waals surface area contributed by atoms with E-state index in [0.29, 0.717) is 19.6 Å². The van der Waals surface area contributed by atoms with E-state index in [1.165, 1.54) is 4.90 Å². The molecular formula is C15H22F3N5O2. The number of piperazine rings is 1. The van der Waals surface area contributed by atoms with Crippen molar-refractivity contribution >= 4 is 11.9 Å². The maximum absolute atomic E-state index is 12.6. The van der Waals surface area contributed by atoms with Crippen LogP contribution in [-0.2, 0) is 17.5 Å². The lowest BCUT2D eigenvalue weighted by Crippen LogP contribution is -2.63. The summed E-state index contributed by atoms with van der Waals surface area (Å²) in [5.41, 5.74) is -1.65. The Labute approximate surface area is 144 Å². The van der Waals surface area contributed by atoms with E-state index in [4.69, 9.17) is 0 Å². The van der Waals surface area contributed by atoms with Crippen LogP contribution in [0.1, 0.15) is 19.5 Å². The molecule has 3 amide bonds. The number of alkyl halides is 3. The number of urea groups is 1. The SMILES string of the molecule is CN(C)C(=O)N1CCN(C(=O)Cn2ccc(C(F)(F)F)n2)C(C)(C)C1. The van der Waals surface area contributed by atoms with Crippen LogP contribution in [0.4, 0.5) is 18.0 Å². The van der Waals surface area contributed by atoms with Crippen molar-refractivity contribution in [1.29, 1.82) is 0 Å². The molecule has 0 saturated carbocycles. The van der Waals surface area contributed by atoms with Gasteiger partial charge in [-0.1, -0.05) is 0 Å². The highest BCUT2D eigenvalue weighted by Gasteiger charge is 2.39. The molecule has 0 spiro atoms. The molecule has 0 unspecified atom stereocenters. The maximum Gasteiger partial charge on any atom is 0.435 e. The van der Waals surface area contributed by atoms with Crippen LogP contribution >= 0.6 is 0 Å².